The Balaban J connectivity index is 2.06. The van der Waals surface area contributed by atoms with E-state index in [0.717, 1.165) is 11.8 Å². The number of rotatable bonds is 7. The molecule has 0 aromatic carbocycles. The Bertz CT molecular complexity index is 908. The highest BCUT2D eigenvalue weighted by Crippen LogP contribution is 2.23. The molecule has 1 aliphatic heterocycles. The Labute approximate surface area is 158 Å². The second kappa shape index (κ2) is 7.80. The van der Waals surface area contributed by atoms with Gasteiger partial charge in [-0.2, -0.15) is 11.3 Å². The lowest BCUT2D eigenvalue weighted by Crippen LogP contribution is -2.54. The molecule has 2 aromatic heterocycles. The minimum Gasteiger partial charge on any atom is -0.502 e. The van der Waals surface area contributed by atoms with Gasteiger partial charge in [0.2, 0.25) is 5.43 Å². The zero-order chi connectivity index (χ0) is 19.6. The van der Waals surface area contributed by atoms with Crippen LogP contribution in [0.1, 0.15) is 32.8 Å². The van der Waals surface area contributed by atoms with Crippen LogP contribution < -0.4 is 10.4 Å². The van der Waals surface area contributed by atoms with Crippen molar-refractivity contribution in [1.82, 2.24) is 9.58 Å². The van der Waals surface area contributed by atoms with Gasteiger partial charge in [-0.25, -0.2) is 4.79 Å². The second-order valence-corrected chi connectivity index (χ2v) is 6.85. The molecule has 0 radical (unpaired) electrons. The summed E-state index contributed by atoms with van der Waals surface area (Å²) in [6.45, 7) is 1.41. The molecule has 9 nitrogen and oxygen atoms in total. The molecule has 0 fully saturated rings. The minimum absolute atomic E-state index is 0.187. The number of methoxy groups -OCH3 is 1. The number of aromatic hydroxyl groups is 1. The van der Waals surface area contributed by atoms with Crippen LogP contribution >= 0.6 is 11.3 Å². The Kier molecular flexibility index (Phi) is 5.47. The maximum Gasteiger partial charge on any atom is 0.341 e. The molecule has 0 saturated heterocycles. The number of hydrogen-bond acceptors (Lipinski definition) is 7. The number of carbonyl (C=O) groups is 2. The molecule has 0 bridgehead atoms. The van der Waals surface area contributed by atoms with Crippen LogP contribution in [0.25, 0.3) is 0 Å². The van der Waals surface area contributed by atoms with Crippen molar-refractivity contribution in [1.29, 1.82) is 0 Å². The molecule has 0 unspecified atom stereocenters. The van der Waals surface area contributed by atoms with E-state index in [1.165, 1.54) is 20.9 Å². The highest BCUT2D eigenvalue weighted by molar-refractivity contribution is 7.07. The SMILES string of the molecule is COCCCN1CN(Cc2ccsc2)n2cc(C(=O)O)c(=O)c(O)c2C1=O. The highest BCUT2D eigenvalue weighted by atomic mass is 32.1. The van der Waals surface area contributed by atoms with E-state index in [0.29, 0.717) is 26.1 Å². The van der Waals surface area contributed by atoms with E-state index in [1.807, 2.05) is 16.8 Å². The van der Waals surface area contributed by atoms with E-state index in [1.54, 1.807) is 12.1 Å². The number of carboxylic acids is 1. The summed E-state index contributed by atoms with van der Waals surface area (Å²) >= 11 is 1.51. The van der Waals surface area contributed by atoms with Crippen molar-refractivity contribution in [2.75, 3.05) is 31.9 Å². The number of amides is 1. The number of nitrogens with zero attached hydrogens (tertiary/aromatic N) is 3. The first kappa shape index (κ1) is 18.9. The van der Waals surface area contributed by atoms with Gasteiger partial charge >= 0.3 is 5.97 Å². The Morgan fingerprint density at radius 1 is 1.37 bits per heavy atom. The van der Waals surface area contributed by atoms with Gasteiger partial charge < -0.3 is 19.8 Å². The molecule has 144 valence electrons. The van der Waals surface area contributed by atoms with Gasteiger partial charge in [-0.3, -0.25) is 19.3 Å². The van der Waals surface area contributed by atoms with Crippen LogP contribution in [0.3, 0.4) is 0 Å². The van der Waals surface area contributed by atoms with Crippen LogP contribution in [-0.4, -0.2) is 58.6 Å². The molecule has 0 atom stereocenters. The molecule has 1 amide bonds. The predicted octanol–water partition coefficient (Wildman–Crippen LogP) is 0.902. The summed E-state index contributed by atoms with van der Waals surface area (Å²) in [5.74, 6) is -2.85. The summed E-state index contributed by atoms with van der Waals surface area (Å²) in [5, 5.41) is 25.1. The number of carboxylic acid groups (broad SMARTS) is 1. The standard InChI is InChI=1S/C17H19N3O6S/c1-26-5-2-4-18-10-19(7-11-3-6-27-9-11)20-8-12(17(24)25)14(21)15(22)13(20)16(18)23/h3,6,8-9,22H,2,4-5,7,10H2,1H3,(H,24,25). The quantitative estimate of drug-likeness (QED) is 0.672. The minimum atomic E-state index is -1.46. The molecular formula is C17H19N3O6S. The van der Waals surface area contributed by atoms with Crippen molar-refractivity contribution in [2.45, 2.75) is 13.0 Å². The highest BCUT2D eigenvalue weighted by Gasteiger charge is 2.34. The topological polar surface area (TPSA) is 112 Å². The Morgan fingerprint density at radius 2 is 2.15 bits per heavy atom. The van der Waals surface area contributed by atoms with Crippen molar-refractivity contribution < 1.29 is 24.5 Å². The smallest absolute Gasteiger partial charge is 0.341 e. The first-order valence-electron chi connectivity index (χ1n) is 8.20. The number of aromatic carboxylic acids is 1. The molecule has 1 aliphatic rings. The Morgan fingerprint density at radius 3 is 2.78 bits per heavy atom. The number of fused-ring (bicyclic) bond motifs is 1. The maximum atomic E-state index is 12.8. The molecule has 3 heterocycles. The summed E-state index contributed by atoms with van der Waals surface area (Å²) in [5.41, 5.74) is -0.931. The van der Waals surface area contributed by atoms with E-state index in [-0.39, 0.29) is 12.4 Å². The van der Waals surface area contributed by atoms with Gasteiger partial charge in [-0.15, -0.1) is 0 Å². The number of aromatic nitrogens is 1. The van der Waals surface area contributed by atoms with E-state index in [4.69, 9.17) is 4.74 Å². The van der Waals surface area contributed by atoms with Gasteiger partial charge in [-0.1, -0.05) is 0 Å². The fourth-order valence-corrected chi connectivity index (χ4v) is 3.59. The molecule has 0 saturated carbocycles. The molecular weight excluding hydrogens is 374 g/mol. The van der Waals surface area contributed by atoms with Crippen LogP contribution in [0, 0.1) is 0 Å². The van der Waals surface area contributed by atoms with Crippen molar-refractivity contribution in [3.05, 3.63) is 50.1 Å². The zero-order valence-corrected chi connectivity index (χ0v) is 15.4. The third-order valence-corrected chi connectivity index (χ3v) is 4.98. The van der Waals surface area contributed by atoms with E-state index >= 15 is 0 Å². The third-order valence-electron chi connectivity index (χ3n) is 4.25. The zero-order valence-electron chi connectivity index (χ0n) is 14.6. The maximum absolute atomic E-state index is 12.8. The van der Waals surface area contributed by atoms with Crippen molar-refractivity contribution >= 4 is 23.2 Å². The number of pyridine rings is 1. The lowest BCUT2D eigenvalue weighted by molar-refractivity contribution is 0.0650. The fraction of sp³-hybridized carbons (Fsp3) is 0.353. The number of thiophene rings is 1. The van der Waals surface area contributed by atoms with Gasteiger partial charge in [0.1, 0.15) is 12.2 Å². The van der Waals surface area contributed by atoms with Crippen LogP contribution in [0.2, 0.25) is 0 Å². The van der Waals surface area contributed by atoms with Gasteiger partial charge in [0, 0.05) is 26.5 Å². The van der Waals surface area contributed by atoms with E-state index in [9.17, 15) is 24.6 Å². The number of ether oxygens (including phenoxy) is 1. The molecule has 27 heavy (non-hydrogen) atoms. The second-order valence-electron chi connectivity index (χ2n) is 6.07. The van der Waals surface area contributed by atoms with E-state index in [2.05, 4.69) is 0 Å². The van der Waals surface area contributed by atoms with Crippen LogP contribution in [0.4, 0.5) is 0 Å². The van der Waals surface area contributed by atoms with Crippen molar-refractivity contribution in [3.8, 4) is 5.75 Å². The van der Waals surface area contributed by atoms with Crippen molar-refractivity contribution in [2.24, 2.45) is 0 Å². The first-order chi connectivity index (χ1) is 12.9. The molecule has 2 N–H and O–H groups in total. The fourth-order valence-electron chi connectivity index (χ4n) is 2.93. The largest absolute Gasteiger partial charge is 0.502 e. The number of hydrogen-bond donors (Lipinski definition) is 2. The van der Waals surface area contributed by atoms with Crippen LogP contribution in [0.5, 0.6) is 5.75 Å². The predicted molar refractivity (Wildman–Crippen MR) is 98.0 cm³/mol. The van der Waals surface area contributed by atoms with Crippen LogP contribution in [0.15, 0.2) is 27.8 Å². The first-order valence-corrected chi connectivity index (χ1v) is 9.14. The lowest BCUT2D eigenvalue weighted by atomic mass is 10.2. The molecule has 2 aromatic rings. The normalized spacial score (nSPS) is 13.7. The van der Waals surface area contributed by atoms with Crippen LogP contribution in [-0.2, 0) is 11.3 Å². The summed E-state index contributed by atoms with van der Waals surface area (Å²) in [4.78, 5) is 37.8. The molecule has 0 aliphatic carbocycles. The molecule has 3 rings (SSSR count). The summed E-state index contributed by atoms with van der Waals surface area (Å²) in [6, 6.07) is 1.91. The third kappa shape index (κ3) is 3.67. The number of carbonyl (C=O) groups excluding carboxylic acids is 1. The monoisotopic (exact) mass is 393 g/mol. The molecule has 0 spiro atoms. The summed E-state index contributed by atoms with van der Waals surface area (Å²) < 4.78 is 6.29. The van der Waals surface area contributed by atoms with Gasteiger partial charge in [-0.05, 0) is 28.8 Å². The van der Waals surface area contributed by atoms with Gasteiger partial charge in [0.15, 0.2) is 11.4 Å². The summed E-state index contributed by atoms with van der Waals surface area (Å²) in [6.07, 6.45) is 1.68. The van der Waals surface area contributed by atoms with Gasteiger partial charge in [0.05, 0.1) is 6.54 Å². The average Bonchev–Trinajstić information content (AvgIpc) is 3.14. The molecule has 10 heteroatoms. The average molecular weight is 393 g/mol. The van der Waals surface area contributed by atoms with E-state index < -0.39 is 28.6 Å². The summed E-state index contributed by atoms with van der Waals surface area (Å²) in [7, 11) is 1.56. The Hall–Kier alpha value is -2.85. The lowest BCUT2D eigenvalue weighted by Gasteiger charge is -2.39. The van der Waals surface area contributed by atoms with Gasteiger partial charge in [0.25, 0.3) is 5.91 Å². The van der Waals surface area contributed by atoms with Crippen molar-refractivity contribution in [3.63, 3.8) is 0 Å².